The van der Waals surface area contributed by atoms with Crippen molar-refractivity contribution in [1.29, 1.82) is 0 Å². The molecular weight excluding hydrogens is 202 g/mol. The molecule has 0 saturated heterocycles. The van der Waals surface area contributed by atoms with Crippen LogP contribution in [0.2, 0.25) is 0 Å². The van der Waals surface area contributed by atoms with E-state index in [9.17, 15) is 0 Å². The van der Waals surface area contributed by atoms with E-state index in [1.807, 2.05) is 24.3 Å². The van der Waals surface area contributed by atoms with Gasteiger partial charge in [0.05, 0.1) is 13.2 Å². The zero-order valence-corrected chi connectivity index (χ0v) is 10.3. The highest BCUT2D eigenvalue weighted by atomic mass is 16.5. The first kappa shape index (κ1) is 12.8. The van der Waals surface area contributed by atoms with Gasteiger partial charge in [0.15, 0.2) is 0 Å². The number of ether oxygens (including phenoxy) is 2. The Morgan fingerprint density at radius 2 is 2.12 bits per heavy atom. The molecule has 0 heterocycles. The van der Waals surface area contributed by atoms with E-state index in [2.05, 4.69) is 19.2 Å². The van der Waals surface area contributed by atoms with Gasteiger partial charge in [0.1, 0.15) is 5.75 Å². The number of nitrogens with one attached hydrogen (secondary N) is 1. The van der Waals surface area contributed by atoms with Gasteiger partial charge in [-0.2, -0.15) is 0 Å². The topological polar surface area (TPSA) is 30.5 Å². The predicted octanol–water partition coefficient (Wildman–Crippen LogP) is 2.78. The van der Waals surface area contributed by atoms with E-state index < -0.39 is 0 Å². The van der Waals surface area contributed by atoms with Crippen molar-refractivity contribution in [3.05, 3.63) is 24.3 Å². The van der Waals surface area contributed by atoms with E-state index in [1.165, 1.54) is 0 Å². The molecule has 1 aromatic rings. The van der Waals surface area contributed by atoms with Crippen LogP contribution in [0.15, 0.2) is 24.3 Å². The summed E-state index contributed by atoms with van der Waals surface area (Å²) in [5, 5.41) is 3.27. The summed E-state index contributed by atoms with van der Waals surface area (Å²) >= 11 is 0. The minimum Gasteiger partial charge on any atom is -0.493 e. The molecule has 90 valence electrons. The Labute approximate surface area is 97.8 Å². The van der Waals surface area contributed by atoms with E-state index in [1.54, 1.807) is 7.11 Å². The summed E-state index contributed by atoms with van der Waals surface area (Å²) in [5.41, 5.74) is 1.07. The largest absolute Gasteiger partial charge is 0.493 e. The Morgan fingerprint density at radius 3 is 2.81 bits per heavy atom. The van der Waals surface area contributed by atoms with Crippen LogP contribution in [0.5, 0.6) is 5.75 Å². The van der Waals surface area contributed by atoms with Gasteiger partial charge in [-0.1, -0.05) is 19.9 Å². The first-order valence-electron chi connectivity index (χ1n) is 5.68. The van der Waals surface area contributed by atoms with Crippen molar-refractivity contribution in [3.63, 3.8) is 0 Å². The summed E-state index contributed by atoms with van der Waals surface area (Å²) in [7, 11) is 1.70. The number of anilines is 1. The monoisotopic (exact) mass is 223 g/mol. The minimum absolute atomic E-state index is 0.546. The molecule has 1 aromatic carbocycles. The molecule has 0 radical (unpaired) electrons. The molecule has 3 nitrogen and oxygen atoms in total. The number of hydrogen-bond donors (Lipinski definition) is 1. The molecule has 16 heavy (non-hydrogen) atoms. The molecule has 1 rings (SSSR count). The second-order valence-electron chi connectivity index (χ2n) is 4.15. The fraction of sp³-hybridized carbons (Fsp3) is 0.538. The summed E-state index contributed by atoms with van der Waals surface area (Å²) in [6.07, 6.45) is 0. The van der Waals surface area contributed by atoms with Crippen LogP contribution in [0, 0.1) is 5.92 Å². The fourth-order valence-corrected chi connectivity index (χ4v) is 1.26. The number of hydrogen-bond acceptors (Lipinski definition) is 3. The highest BCUT2D eigenvalue weighted by Crippen LogP contribution is 2.17. The van der Waals surface area contributed by atoms with Gasteiger partial charge in [-0.3, -0.25) is 0 Å². The maximum atomic E-state index is 5.64. The van der Waals surface area contributed by atoms with Gasteiger partial charge in [0, 0.05) is 25.4 Å². The quantitative estimate of drug-likeness (QED) is 0.721. The molecule has 0 spiro atoms. The lowest BCUT2D eigenvalue weighted by Gasteiger charge is -2.11. The third-order valence-corrected chi connectivity index (χ3v) is 2.05. The summed E-state index contributed by atoms with van der Waals surface area (Å²) in [4.78, 5) is 0. The molecule has 0 bridgehead atoms. The van der Waals surface area contributed by atoms with Crippen molar-refractivity contribution < 1.29 is 9.47 Å². The third-order valence-electron chi connectivity index (χ3n) is 2.05. The predicted molar refractivity (Wildman–Crippen MR) is 67.1 cm³/mol. The number of rotatable bonds is 7. The van der Waals surface area contributed by atoms with Crippen molar-refractivity contribution in [2.75, 3.05) is 32.2 Å². The van der Waals surface area contributed by atoms with Crippen molar-refractivity contribution in [3.8, 4) is 5.75 Å². The minimum atomic E-state index is 0.546. The zero-order chi connectivity index (χ0) is 11.8. The molecule has 0 aromatic heterocycles. The summed E-state index contributed by atoms with van der Waals surface area (Å²) in [6.45, 7) is 6.55. The SMILES string of the molecule is COCCNc1cccc(OCC(C)C)c1. The van der Waals surface area contributed by atoms with Crippen LogP contribution in [-0.2, 0) is 4.74 Å². The van der Waals surface area contributed by atoms with Gasteiger partial charge < -0.3 is 14.8 Å². The summed E-state index contributed by atoms with van der Waals surface area (Å²) in [6, 6.07) is 8.00. The third kappa shape index (κ3) is 5.03. The molecule has 0 aliphatic heterocycles. The summed E-state index contributed by atoms with van der Waals surface area (Å²) < 4.78 is 10.6. The van der Waals surface area contributed by atoms with Gasteiger partial charge in [0.2, 0.25) is 0 Å². The van der Waals surface area contributed by atoms with Gasteiger partial charge in [0.25, 0.3) is 0 Å². The Kier molecular flexibility index (Phi) is 5.72. The Hall–Kier alpha value is -1.22. The second-order valence-corrected chi connectivity index (χ2v) is 4.15. The van der Waals surface area contributed by atoms with E-state index in [0.29, 0.717) is 12.5 Å². The number of methoxy groups -OCH3 is 1. The van der Waals surface area contributed by atoms with Gasteiger partial charge >= 0.3 is 0 Å². The van der Waals surface area contributed by atoms with Crippen LogP contribution in [-0.4, -0.2) is 26.9 Å². The molecular formula is C13H21NO2. The maximum Gasteiger partial charge on any atom is 0.121 e. The lowest BCUT2D eigenvalue weighted by molar-refractivity contribution is 0.210. The normalized spacial score (nSPS) is 10.5. The van der Waals surface area contributed by atoms with Gasteiger partial charge in [-0.25, -0.2) is 0 Å². The molecule has 0 unspecified atom stereocenters. The molecule has 0 aliphatic rings. The summed E-state index contributed by atoms with van der Waals surface area (Å²) in [5.74, 6) is 1.46. The van der Waals surface area contributed by atoms with E-state index >= 15 is 0 Å². The first-order chi connectivity index (χ1) is 7.72. The average Bonchev–Trinajstić information content (AvgIpc) is 2.27. The van der Waals surface area contributed by atoms with Crippen molar-refractivity contribution in [1.82, 2.24) is 0 Å². The smallest absolute Gasteiger partial charge is 0.121 e. The molecule has 3 heteroatoms. The molecule has 0 fully saturated rings. The van der Waals surface area contributed by atoms with Crippen LogP contribution in [0.3, 0.4) is 0 Å². The highest BCUT2D eigenvalue weighted by molar-refractivity contribution is 5.48. The standard InChI is InChI=1S/C13H21NO2/c1-11(2)10-16-13-6-4-5-12(9-13)14-7-8-15-3/h4-6,9,11,14H,7-8,10H2,1-3H3. The lowest BCUT2D eigenvalue weighted by atomic mass is 10.2. The number of benzene rings is 1. The molecule has 0 saturated carbocycles. The van der Waals surface area contributed by atoms with Gasteiger partial charge in [-0.05, 0) is 18.1 Å². The van der Waals surface area contributed by atoms with Crippen molar-refractivity contribution >= 4 is 5.69 Å². The van der Waals surface area contributed by atoms with Crippen molar-refractivity contribution in [2.45, 2.75) is 13.8 Å². The maximum absolute atomic E-state index is 5.64. The molecule has 0 amide bonds. The average molecular weight is 223 g/mol. The van der Waals surface area contributed by atoms with Crippen molar-refractivity contribution in [2.24, 2.45) is 5.92 Å². The van der Waals surface area contributed by atoms with Crippen LogP contribution in [0.25, 0.3) is 0 Å². The van der Waals surface area contributed by atoms with E-state index in [4.69, 9.17) is 9.47 Å². The Balaban J connectivity index is 2.43. The highest BCUT2D eigenvalue weighted by Gasteiger charge is 1.98. The fourth-order valence-electron chi connectivity index (χ4n) is 1.26. The van der Waals surface area contributed by atoms with Crippen LogP contribution in [0.4, 0.5) is 5.69 Å². The lowest BCUT2D eigenvalue weighted by Crippen LogP contribution is -2.08. The van der Waals surface area contributed by atoms with Crippen LogP contribution in [0.1, 0.15) is 13.8 Å². The first-order valence-corrected chi connectivity index (χ1v) is 5.68. The Morgan fingerprint density at radius 1 is 1.31 bits per heavy atom. The zero-order valence-electron chi connectivity index (χ0n) is 10.3. The van der Waals surface area contributed by atoms with Gasteiger partial charge in [-0.15, -0.1) is 0 Å². The molecule has 0 atom stereocenters. The van der Waals surface area contributed by atoms with Crippen LogP contribution < -0.4 is 10.1 Å². The second kappa shape index (κ2) is 7.12. The Bertz CT molecular complexity index is 300. The van der Waals surface area contributed by atoms with E-state index in [-0.39, 0.29) is 0 Å². The molecule has 0 aliphatic carbocycles. The molecule has 1 N–H and O–H groups in total. The van der Waals surface area contributed by atoms with Crippen LogP contribution >= 0.6 is 0 Å². The van der Waals surface area contributed by atoms with E-state index in [0.717, 1.165) is 24.6 Å².